The first-order valence-electron chi connectivity index (χ1n) is 7.43. The zero-order chi connectivity index (χ0) is 14.7. The van der Waals surface area contributed by atoms with E-state index in [1.807, 2.05) is 0 Å². The summed E-state index contributed by atoms with van der Waals surface area (Å²) in [6.45, 7) is 13.5. The van der Waals surface area contributed by atoms with E-state index in [0.29, 0.717) is 25.2 Å². The summed E-state index contributed by atoms with van der Waals surface area (Å²) in [5, 5.41) is 12.8. The minimum Gasteiger partial charge on any atom is -0.394 e. The highest BCUT2D eigenvalue weighted by molar-refractivity contribution is 4.83. The first-order chi connectivity index (χ1) is 8.89. The van der Waals surface area contributed by atoms with Gasteiger partial charge < -0.3 is 19.9 Å². The maximum atomic E-state index is 9.44. The summed E-state index contributed by atoms with van der Waals surface area (Å²) < 4.78 is 11.0. The van der Waals surface area contributed by atoms with E-state index in [4.69, 9.17) is 9.47 Å². The Labute approximate surface area is 118 Å². The Morgan fingerprint density at radius 2 is 1.68 bits per heavy atom. The number of hydrogen-bond donors (Lipinski definition) is 2. The minimum absolute atomic E-state index is 0.155. The van der Waals surface area contributed by atoms with Gasteiger partial charge in [0.05, 0.1) is 19.8 Å². The Hall–Kier alpha value is -0.160. The summed E-state index contributed by atoms with van der Waals surface area (Å²) in [5.74, 6) is 0.576. The van der Waals surface area contributed by atoms with Crippen molar-refractivity contribution in [2.24, 2.45) is 5.92 Å². The Morgan fingerprint density at radius 3 is 2.21 bits per heavy atom. The molecular formula is C15H33NO3. The molecule has 116 valence electrons. The summed E-state index contributed by atoms with van der Waals surface area (Å²) in [6, 6.07) is 0.377. The lowest BCUT2D eigenvalue weighted by Crippen LogP contribution is -2.49. The van der Waals surface area contributed by atoms with Gasteiger partial charge in [-0.3, -0.25) is 0 Å². The van der Waals surface area contributed by atoms with Gasteiger partial charge >= 0.3 is 0 Å². The van der Waals surface area contributed by atoms with Gasteiger partial charge in [0.25, 0.3) is 0 Å². The molecule has 4 nitrogen and oxygen atoms in total. The molecule has 0 heterocycles. The molecule has 0 aliphatic rings. The Bertz CT molecular complexity index is 210. The zero-order valence-electron chi connectivity index (χ0n) is 13.4. The van der Waals surface area contributed by atoms with E-state index >= 15 is 0 Å². The van der Waals surface area contributed by atoms with Crippen LogP contribution < -0.4 is 5.32 Å². The quantitative estimate of drug-likeness (QED) is 0.536. The molecule has 0 aromatic heterocycles. The summed E-state index contributed by atoms with van der Waals surface area (Å²) in [5.41, 5.74) is -0.203. The topological polar surface area (TPSA) is 50.7 Å². The average Bonchev–Trinajstić information content (AvgIpc) is 2.31. The maximum absolute atomic E-state index is 9.44. The van der Waals surface area contributed by atoms with Crippen molar-refractivity contribution in [3.63, 3.8) is 0 Å². The van der Waals surface area contributed by atoms with Crippen LogP contribution in [0.1, 0.15) is 47.5 Å². The van der Waals surface area contributed by atoms with Gasteiger partial charge in [-0.2, -0.15) is 0 Å². The molecule has 0 aromatic rings. The predicted octanol–water partition coefficient (Wildman–Crippen LogP) is 2.20. The van der Waals surface area contributed by atoms with Gasteiger partial charge in [0.1, 0.15) is 0 Å². The van der Waals surface area contributed by atoms with E-state index in [9.17, 15) is 5.11 Å². The van der Waals surface area contributed by atoms with Gasteiger partial charge in [0.2, 0.25) is 0 Å². The SMILES string of the molecule is CC(C)COCCOCCCC(C)(CO)NC(C)C. The van der Waals surface area contributed by atoms with Crippen LogP contribution in [-0.4, -0.2) is 49.7 Å². The Kier molecular flexibility index (Phi) is 10.5. The van der Waals surface area contributed by atoms with Crippen LogP contribution in [0.4, 0.5) is 0 Å². The Balaban J connectivity index is 3.51. The number of hydrogen-bond acceptors (Lipinski definition) is 4. The van der Waals surface area contributed by atoms with Gasteiger partial charge in [0.15, 0.2) is 0 Å². The molecule has 4 heteroatoms. The molecule has 1 atom stereocenters. The van der Waals surface area contributed by atoms with E-state index in [-0.39, 0.29) is 12.1 Å². The molecule has 0 bridgehead atoms. The number of nitrogens with one attached hydrogen (secondary N) is 1. The highest BCUT2D eigenvalue weighted by Crippen LogP contribution is 2.12. The molecule has 0 radical (unpaired) electrons. The van der Waals surface area contributed by atoms with E-state index in [1.165, 1.54) is 0 Å². The lowest BCUT2D eigenvalue weighted by atomic mass is 9.96. The number of aliphatic hydroxyl groups excluding tert-OH is 1. The van der Waals surface area contributed by atoms with Crippen molar-refractivity contribution in [1.82, 2.24) is 5.32 Å². The van der Waals surface area contributed by atoms with Crippen molar-refractivity contribution in [2.45, 2.75) is 59.0 Å². The minimum atomic E-state index is -0.203. The van der Waals surface area contributed by atoms with Crippen molar-refractivity contribution in [3.05, 3.63) is 0 Å². The molecule has 0 saturated carbocycles. The van der Waals surface area contributed by atoms with Crippen molar-refractivity contribution in [1.29, 1.82) is 0 Å². The van der Waals surface area contributed by atoms with Crippen molar-refractivity contribution in [2.75, 3.05) is 33.0 Å². The molecule has 0 aliphatic heterocycles. The fourth-order valence-electron chi connectivity index (χ4n) is 2.00. The highest BCUT2D eigenvalue weighted by Gasteiger charge is 2.22. The molecule has 19 heavy (non-hydrogen) atoms. The van der Waals surface area contributed by atoms with Crippen LogP contribution in [0, 0.1) is 5.92 Å². The molecule has 0 fully saturated rings. The van der Waals surface area contributed by atoms with Crippen LogP contribution in [0.25, 0.3) is 0 Å². The van der Waals surface area contributed by atoms with Crippen LogP contribution in [0.15, 0.2) is 0 Å². The zero-order valence-corrected chi connectivity index (χ0v) is 13.4. The third-order valence-electron chi connectivity index (χ3n) is 2.83. The van der Waals surface area contributed by atoms with E-state index in [0.717, 1.165) is 26.1 Å². The third kappa shape index (κ3) is 11.4. The Morgan fingerprint density at radius 1 is 1.05 bits per heavy atom. The van der Waals surface area contributed by atoms with Crippen LogP contribution in [0.3, 0.4) is 0 Å². The second-order valence-corrected chi connectivity index (χ2v) is 6.20. The fraction of sp³-hybridized carbons (Fsp3) is 1.00. The standard InChI is InChI=1S/C15H33NO3/c1-13(2)11-19-10-9-18-8-6-7-15(5,12-17)16-14(3)4/h13-14,16-17H,6-12H2,1-5H3. The first kappa shape index (κ1) is 18.8. The summed E-state index contributed by atoms with van der Waals surface area (Å²) in [4.78, 5) is 0. The molecule has 2 N–H and O–H groups in total. The molecule has 0 spiro atoms. The molecule has 0 amide bonds. The van der Waals surface area contributed by atoms with Crippen LogP contribution >= 0.6 is 0 Å². The number of rotatable bonds is 12. The van der Waals surface area contributed by atoms with Crippen LogP contribution in [-0.2, 0) is 9.47 Å². The smallest absolute Gasteiger partial charge is 0.0700 e. The summed E-state index contributed by atoms with van der Waals surface area (Å²) in [7, 11) is 0. The highest BCUT2D eigenvalue weighted by atomic mass is 16.5. The molecule has 1 unspecified atom stereocenters. The lowest BCUT2D eigenvalue weighted by molar-refractivity contribution is 0.0336. The van der Waals surface area contributed by atoms with Crippen molar-refractivity contribution in [3.8, 4) is 0 Å². The second-order valence-electron chi connectivity index (χ2n) is 6.20. The first-order valence-corrected chi connectivity index (χ1v) is 7.43. The normalized spacial score (nSPS) is 15.2. The molecule has 0 aliphatic carbocycles. The number of aliphatic hydroxyl groups is 1. The third-order valence-corrected chi connectivity index (χ3v) is 2.83. The van der Waals surface area contributed by atoms with Crippen LogP contribution in [0.5, 0.6) is 0 Å². The van der Waals surface area contributed by atoms with E-state index in [2.05, 4.69) is 39.9 Å². The van der Waals surface area contributed by atoms with Gasteiger partial charge in [-0.15, -0.1) is 0 Å². The lowest BCUT2D eigenvalue weighted by Gasteiger charge is -2.31. The second kappa shape index (κ2) is 10.6. The van der Waals surface area contributed by atoms with Crippen molar-refractivity contribution >= 4 is 0 Å². The van der Waals surface area contributed by atoms with E-state index in [1.54, 1.807) is 0 Å². The molecule has 0 rings (SSSR count). The average molecular weight is 275 g/mol. The van der Waals surface area contributed by atoms with E-state index < -0.39 is 0 Å². The van der Waals surface area contributed by atoms with Gasteiger partial charge in [-0.25, -0.2) is 0 Å². The van der Waals surface area contributed by atoms with Gasteiger partial charge in [0, 0.05) is 24.8 Å². The summed E-state index contributed by atoms with van der Waals surface area (Å²) in [6.07, 6.45) is 1.86. The summed E-state index contributed by atoms with van der Waals surface area (Å²) >= 11 is 0. The van der Waals surface area contributed by atoms with Crippen LogP contribution in [0.2, 0.25) is 0 Å². The molecular weight excluding hydrogens is 242 g/mol. The molecule has 0 aromatic carbocycles. The maximum Gasteiger partial charge on any atom is 0.0700 e. The van der Waals surface area contributed by atoms with Gasteiger partial charge in [-0.05, 0) is 25.7 Å². The largest absolute Gasteiger partial charge is 0.394 e. The number of ether oxygens (including phenoxy) is 2. The van der Waals surface area contributed by atoms with Gasteiger partial charge in [-0.1, -0.05) is 27.7 Å². The van der Waals surface area contributed by atoms with Crippen molar-refractivity contribution < 1.29 is 14.6 Å². The monoisotopic (exact) mass is 275 g/mol. The molecule has 0 saturated heterocycles. The predicted molar refractivity (Wildman–Crippen MR) is 79.5 cm³/mol. The fourth-order valence-corrected chi connectivity index (χ4v) is 2.00.